The third-order valence-electron chi connectivity index (χ3n) is 4.57. The molecule has 0 atom stereocenters. The molecule has 0 aliphatic carbocycles. The lowest BCUT2D eigenvalue weighted by atomic mass is 10.2. The predicted molar refractivity (Wildman–Crippen MR) is 117 cm³/mol. The molecule has 0 saturated heterocycles. The van der Waals surface area contributed by atoms with Gasteiger partial charge in [0, 0.05) is 43.7 Å². The molecule has 11 heteroatoms. The minimum atomic E-state index is -4.08. The number of ether oxygens (including phenoxy) is 1. The maximum absolute atomic E-state index is 12.8. The Morgan fingerprint density at radius 1 is 1.12 bits per heavy atom. The van der Waals surface area contributed by atoms with Gasteiger partial charge in [-0.3, -0.25) is 24.6 Å². The number of aromatic nitrogens is 1. The van der Waals surface area contributed by atoms with Crippen molar-refractivity contribution in [2.24, 2.45) is 0 Å². The molecule has 0 aliphatic rings. The van der Waals surface area contributed by atoms with E-state index in [1.165, 1.54) is 48.4 Å². The number of pyridine rings is 1. The quantitative estimate of drug-likeness (QED) is 0.407. The molecule has 32 heavy (non-hydrogen) atoms. The van der Waals surface area contributed by atoms with Gasteiger partial charge in [0.25, 0.3) is 21.6 Å². The van der Waals surface area contributed by atoms with Crippen LogP contribution < -0.4 is 9.46 Å². The lowest BCUT2D eigenvalue weighted by molar-refractivity contribution is -0.384. The number of sulfonamides is 1. The summed E-state index contributed by atoms with van der Waals surface area (Å²) in [6.07, 6.45) is 3.27. The van der Waals surface area contributed by atoms with Crippen LogP contribution in [0.4, 0.5) is 11.4 Å². The van der Waals surface area contributed by atoms with Crippen molar-refractivity contribution < 1.29 is 22.9 Å². The molecule has 3 aromatic rings. The Kier molecular flexibility index (Phi) is 6.69. The van der Waals surface area contributed by atoms with Gasteiger partial charge in [0.1, 0.15) is 5.75 Å². The number of benzene rings is 2. The van der Waals surface area contributed by atoms with E-state index >= 15 is 0 Å². The number of nitrogens with one attached hydrogen (secondary N) is 1. The Hall–Kier alpha value is -3.99. The Bertz CT molecular complexity index is 1230. The van der Waals surface area contributed by atoms with Crippen molar-refractivity contribution in [2.45, 2.75) is 11.4 Å². The molecule has 3 rings (SSSR count). The van der Waals surface area contributed by atoms with Gasteiger partial charge in [0.2, 0.25) is 0 Å². The van der Waals surface area contributed by atoms with Crippen molar-refractivity contribution in [3.05, 3.63) is 88.2 Å². The normalized spacial score (nSPS) is 10.9. The molecule has 0 fully saturated rings. The van der Waals surface area contributed by atoms with E-state index in [-0.39, 0.29) is 27.9 Å². The lowest BCUT2D eigenvalue weighted by Crippen LogP contribution is -2.26. The van der Waals surface area contributed by atoms with Gasteiger partial charge in [-0.1, -0.05) is 0 Å². The average Bonchev–Trinajstić information content (AvgIpc) is 2.79. The lowest BCUT2D eigenvalue weighted by Gasteiger charge is -2.17. The second-order valence-corrected chi connectivity index (χ2v) is 8.47. The van der Waals surface area contributed by atoms with Gasteiger partial charge in [-0.25, -0.2) is 8.42 Å². The highest BCUT2D eigenvalue weighted by molar-refractivity contribution is 7.92. The van der Waals surface area contributed by atoms with Crippen molar-refractivity contribution in [3.63, 3.8) is 0 Å². The summed E-state index contributed by atoms with van der Waals surface area (Å²) in [4.78, 5) is 28.3. The topological polar surface area (TPSA) is 132 Å². The Balaban J connectivity index is 1.78. The summed E-state index contributed by atoms with van der Waals surface area (Å²) in [5, 5.41) is 11.0. The first-order valence-corrected chi connectivity index (χ1v) is 10.8. The molecule has 0 aliphatic heterocycles. The zero-order valence-corrected chi connectivity index (χ0v) is 18.1. The third-order valence-corrected chi connectivity index (χ3v) is 5.95. The number of nitro benzene ring substituents is 1. The first-order valence-electron chi connectivity index (χ1n) is 9.31. The summed E-state index contributed by atoms with van der Waals surface area (Å²) in [5.74, 6) is -0.150. The van der Waals surface area contributed by atoms with Crippen molar-refractivity contribution in [3.8, 4) is 5.75 Å². The minimum Gasteiger partial charge on any atom is -0.495 e. The summed E-state index contributed by atoms with van der Waals surface area (Å²) in [5.41, 5.74) is 0.860. The zero-order chi connectivity index (χ0) is 23.3. The van der Waals surface area contributed by atoms with Crippen LogP contribution in [0.2, 0.25) is 0 Å². The first-order chi connectivity index (χ1) is 15.2. The Morgan fingerprint density at radius 2 is 1.78 bits per heavy atom. The number of anilines is 1. The van der Waals surface area contributed by atoms with Crippen LogP contribution in [0.15, 0.2) is 71.9 Å². The van der Waals surface area contributed by atoms with Crippen LogP contribution in [-0.4, -0.2) is 43.3 Å². The molecule has 2 aromatic carbocycles. The molecule has 1 aromatic heterocycles. The number of amides is 1. The molecule has 1 amide bonds. The number of carbonyl (C=O) groups excluding carboxylic acids is 1. The predicted octanol–water partition coefficient (Wildman–Crippen LogP) is 3.07. The van der Waals surface area contributed by atoms with Crippen molar-refractivity contribution in [1.29, 1.82) is 0 Å². The highest BCUT2D eigenvalue weighted by Gasteiger charge is 2.20. The number of hydrogen-bond donors (Lipinski definition) is 1. The molecule has 0 spiro atoms. The van der Waals surface area contributed by atoms with Crippen LogP contribution in [0, 0.1) is 10.1 Å². The van der Waals surface area contributed by atoms with Gasteiger partial charge >= 0.3 is 0 Å². The molecule has 1 heterocycles. The van der Waals surface area contributed by atoms with E-state index < -0.39 is 14.9 Å². The van der Waals surface area contributed by atoms with E-state index in [9.17, 15) is 23.3 Å². The van der Waals surface area contributed by atoms with Gasteiger partial charge in [0.15, 0.2) is 0 Å². The largest absolute Gasteiger partial charge is 0.495 e. The smallest absolute Gasteiger partial charge is 0.271 e. The van der Waals surface area contributed by atoms with Gasteiger partial charge in [-0.15, -0.1) is 0 Å². The number of carbonyl (C=O) groups is 1. The monoisotopic (exact) mass is 456 g/mol. The maximum atomic E-state index is 12.8. The second kappa shape index (κ2) is 9.43. The van der Waals surface area contributed by atoms with Gasteiger partial charge in [-0.2, -0.15) is 0 Å². The Morgan fingerprint density at radius 3 is 2.38 bits per heavy atom. The number of hydrogen-bond acceptors (Lipinski definition) is 7. The van der Waals surface area contributed by atoms with Crippen LogP contribution in [0.3, 0.4) is 0 Å². The van der Waals surface area contributed by atoms with Crippen LogP contribution >= 0.6 is 0 Å². The van der Waals surface area contributed by atoms with E-state index in [0.717, 1.165) is 11.6 Å². The van der Waals surface area contributed by atoms with Gasteiger partial charge < -0.3 is 9.64 Å². The Labute approximate surface area is 184 Å². The van der Waals surface area contributed by atoms with Crippen LogP contribution in [0.1, 0.15) is 15.9 Å². The number of nitrogens with zero attached hydrogens (tertiary/aromatic N) is 3. The molecule has 0 radical (unpaired) electrons. The summed E-state index contributed by atoms with van der Waals surface area (Å²) < 4.78 is 32.9. The van der Waals surface area contributed by atoms with Crippen LogP contribution in [0.25, 0.3) is 0 Å². The number of non-ortho nitro benzene ring substituents is 1. The van der Waals surface area contributed by atoms with Crippen molar-refractivity contribution in [2.75, 3.05) is 18.9 Å². The fraction of sp³-hybridized carbons (Fsp3) is 0.143. The zero-order valence-electron chi connectivity index (χ0n) is 17.3. The van der Waals surface area contributed by atoms with E-state index in [1.54, 1.807) is 31.6 Å². The molecule has 166 valence electrons. The third kappa shape index (κ3) is 5.19. The van der Waals surface area contributed by atoms with E-state index in [0.29, 0.717) is 12.1 Å². The highest BCUT2D eigenvalue weighted by atomic mass is 32.2. The average molecular weight is 456 g/mol. The molecular weight excluding hydrogens is 436 g/mol. The van der Waals surface area contributed by atoms with Crippen molar-refractivity contribution in [1.82, 2.24) is 9.88 Å². The first kappa shape index (κ1) is 22.7. The summed E-state index contributed by atoms with van der Waals surface area (Å²) >= 11 is 0. The fourth-order valence-corrected chi connectivity index (χ4v) is 3.99. The summed E-state index contributed by atoms with van der Waals surface area (Å²) in [7, 11) is -1.12. The standard InChI is InChI=1S/C21H20N4O6S/c1-24(14-15-9-11-22-12-10-15)21(26)16-3-6-18(7-4-16)32(29,30)23-19-13-17(25(27)28)5-8-20(19)31-2/h3-13,23H,14H2,1-2H3. The minimum absolute atomic E-state index is 0.0704. The van der Waals surface area contributed by atoms with E-state index in [1.807, 2.05) is 0 Å². The van der Waals surface area contributed by atoms with Crippen LogP contribution in [0.5, 0.6) is 5.75 Å². The second-order valence-electron chi connectivity index (χ2n) is 6.79. The van der Waals surface area contributed by atoms with E-state index in [2.05, 4.69) is 9.71 Å². The molecule has 10 nitrogen and oxygen atoms in total. The molecule has 0 saturated carbocycles. The number of nitro groups is 1. The SMILES string of the molecule is COc1ccc([N+](=O)[O-])cc1NS(=O)(=O)c1ccc(C(=O)N(C)Cc2ccncc2)cc1. The van der Waals surface area contributed by atoms with Gasteiger partial charge in [0.05, 0.1) is 22.6 Å². The number of rotatable bonds is 8. The molecular formula is C21H20N4O6S. The number of methoxy groups -OCH3 is 1. The molecule has 1 N–H and O–H groups in total. The molecule has 0 unspecified atom stereocenters. The van der Waals surface area contributed by atoms with Crippen molar-refractivity contribution >= 4 is 27.3 Å². The van der Waals surface area contributed by atoms with E-state index in [4.69, 9.17) is 4.74 Å². The highest BCUT2D eigenvalue weighted by Crippen LogP contribution is 2.30. The summed E-state index contributed by atoms with van der Waals surface area (Å²) in [6.45, 7) is 0.371. The maximum Gasteiger partial charge on any atom is 0.271 e. The van der Waals surface area contributed by atoms with Crippen LogP contribution in [-0.2, 0) is 16.6 Å². The summed E-state index contributed by atoms with van der Waals surface area (Å²) in [6, 6.07) is 12.6. The molecule has 0 bridgehead atoms. The fourth-order valence-electron chi connectivity index (χ4n) is 2.92. The van der Waals surface area contributed by atoms with Gasteiger partial charge in [-0.05, 0) is 48.0 Å².